The normalized spacial score (nSPS) is 15.7. The van der Waals surface area contributed by atoms with E-state index >= 15 is 0 Å². The van der Waals surface area contributed by atoms with Crippen molar-refractivity contribution < 1.29 is 9.18 Å². The molecule has 0 aliphatic carbocycles. The zero-order valence-corrected chi connectivity index (χ0v) is 15.2. The number of nitrogens with one attached hydrogen (secondary N) is 1. The van der Waals surface area contributed by atoms with Crippen molar-refractivity contribution in [3.05, 3.63) is 36.3 Å². The molecule has 25 heavy (non-hydrogen) atoms. The molecule has 2 aromatic rings. The van der Waals surface area contributed by atoms with E-state index in [1.54, 1.807) is 24.4 Å². The number of halogens is 1. The minimum Gasteiger partial charge on any atom is -0.316 e. The number of amides is 1. The van der Waals surface area contributed by atoms with Crippen molar-refractivity contribution in [1.29, 1.82) is 0 Å². The SMILES string of the molecule is O=C(CCCN1CCCCCC1)Nc1cnc(-c2ccccc2F)s1. The molecule has 0 spiro atoms. The summed E-state index contributed by atoms with van der Waals surface area (Å²) in [6, 6.07) is 6.54. The van der Waals surface area contributed by atoms with Gasteiger partial charge in [-0.3, -0.25) is 4.79 Å². The van der Waals surface area contributed by atoms with Crippen molar-refractivity contribution in [3.63, 3.8) is 0 Å². The molecule has 1 saturated heterocycles. The van der Waals surface area contributed by atoms with Crippen molar-refractivity contribution in [2.75, 3.05) is 25.0 Å². The average molecular weight is 361 g/mol. The first-order valence-electron chi connectivity index (χ1n) is 8.95. The largest absolute Gasteiger partial charge is 0.316 e. The van der Waals surface area contributed by atoms with E-state index in [1.165, 1.54) is 43.1 Å². The van der Waals surface area contributed by atoms with Gasteiger partial charge in [-0.1, -0.05) is 36.3 Å². The molecule has 1 N–H and O–H groups in total. The first-order valence-corrected chi connectivity index (χ1v) is 9.77. The van der Waals surface area contributed by atoms with Crippen molar-refractivity contribution >= 4 is 22.2 Å². The number of benzene rings is 1. The van der Waals surface area contributed by atoms with Crippen molar-refractivity contribution in [1.82, 2.24) is 9.88 Å². The number of rotatable bonds is 6. The van der Waals surface area contributed by atoms with Crippen molar-refractivity contribution in [3.8, 4) is 10.6 Å². The number of aromatic nitrogens is 1. The van der Waals surface area contributed by atoms with Crippen LogP contribution >= 0.6 is 11.3 Å². The van der Waals surface area contributed by atoms with E-state index in [4.69, 9.17) is 0 Å². The van der Waals surface area contributed by atoms with Crippen molar-refractivity contribution in [2.24, 2.45) is 0 Å². The highest BCUT2D eigenvalue weighted by atomic mass is 32.1. The zero-order valence-electron chi connectivity index (χ0n) is 14.3. The molecule has 1 aliphatic heterocycles. The van der Waals surface area contributed by atoms with Crippen LogP contribution in [0.3, 0.4) is 0 Å². The molecule has 2 heterocycles. The Labute approximate surface area is 152 Å². The molecule has 1 fully saturated rings. The predicted octanol–water partition coefficient (Wildman–Crippen LogP) is 4.54. The zero-order chi connectivity index (χ0) is 17.5. The molecular weight excluding hydrogens is 337 g/mol. The maximum Gasteiger partial charge on any atom is 0.225 e. The second kappa shape index (κ2) is 9.06. The maximum absolute atomic E-state index is 13.8. The van der Waals surface area contributed by atoms with E-state index in [0.29, 0.717) is 22.0 Å². The van der Waals surface area contributed by atoms with Crippen LogP contribution in [0.15, 0.2) is 30.5 Å². The summed E-state index contributed by atoms with van der Waals surface area (Å²) in [5, 5.41) is 4.12. The first-order chi connectivity index (χ1) is 12.2. The molecule has 0 bridgehead atoms. The van der Waals surface area contributed by atoms with Crippen LogP contribution in [0.4, 0.5) is 9.39 Å². The van der Waals surface area contributed by atoms with Gasteiger partial charge in [0.15, 0.2) is 0 Å². The van der Waals surface area contributed by atoms with Gasteiger partial charge in [0.2, 0.25) is 5.91 Å². The minimum atomic E-state index is -0.299. The maximum atomic E-state index is 13.8. The number of likely N-dealkylation sites (tertiary alicyclic amines) is 1. The Hall–Kier alpha value is -1.79. The van der Waals surface area contributed by atoms with E-state index in [0.717, 1.165) is 26.1 Å². The molecule has 6 heteroatoms. The Balaban J connectivity index is 1.46. The molecule has 1 aromatic carbocycles. The summed E-state index contributed by atoms with van der Waals surface area (Å²) in [4.78, 5) is 18.8. The fourth-order valence-corrected chi connectivity index (χ4v) is 3.97. The second-order valence-corrected chi connectivity index (χ2v) is 7.45. The first kappa shape index (κ1) is 18.0. The summed E-state index contributed by atoms with van der Waals surface area (Å²) < 4.78 is 13.8. The third kappa shape index (κ3) is 5.34. The number of carbonyl (C=O) groups excluding carboxylic acids is 1. The van der Waals surface area contributed by atoms with Crippen LogP contribution < -0.4 is 5.32 Å². The Kier molecular flexibility index (Phi) is 6.53. The molecule has 0 unspecified atom stereocenters. The smallest absolute Gasteiger partial charge is 0.225 e. The monoisotopic (exact) mass is 361 g/mol. The summed E-state index contributed by atoms with van der Waals surface area (Å²) in [6.45, 7) is 3.29. The van der Waals surface area contributed by atoms with Gasteiger partial charge in [0, 0.05) is 12.0 Å². The van der Waals surface area contributed by atoms with E-state index < -0.39 is 0 Å². The van der Waals surface area contributed by atoms with Gasteiger partial charge < -0.3 is 10.2 Å². The standard InChI is InChI=1S/C19H24FN3OS/c20-16-9-4-3-8-15(16)19-21-14-18(25-19)22-17(24)10-7-13-23-11-5-1-2-6-12-23/h3-4,8-9,14H,1-2,5-7,10-13H2,(H,22,24). The van der Waals surface area contributed by atoms with Gasteiger partial charge in [0.25, 0.3) is 0 Å². The lowest BCUT2D eigenvalue weighted by atomic mass is 10.2. The summed E-state index contributed by atoms with van der Waals surface area (Å²) in [7, 11) is 0. The third-order valence-corrected chi connectivity index (χ3v) is 5.40. The molecule has 0 atom stereocenters. The van der Waals surface area contributed by atoms with Crippen LogP contribution in [-0.2, 0) is 4.79 Å². The summed E-state index contributed by atoms with van der Waals surface area (Å²) in [5.74, 6) is -0.300. The third-order valence-electron chi connectivity index (χ3n) is 4.45. The Bertz CT molecular complexity index is 695. The molecule has 1 amide bonds. The number of nitrogens with zero attached hydrogens (tertiary/aromatic N) is 2. The van der Waals surface area contributed by atoms with Crippen LogP contribution in [0.1, 0.15) is 38.5 Å². The molecule has 4 nitrogen and oxygen atoms in total. The van der Waals surface area contributed by atoms with Gasteiger partial charge >= 0.3 is 0 Å². The van der Waals surface area contributed by atoms with Gasteiger partial charge in [-0.2, -0.15) is 0 Å². The highest BCUT2D eigenvalue weighted by Crippen LogP contribution is 2.30. The van der Waals surface area contributed by atoms with Crippen LogP contribution in [-0.4, -0.2) is 35.4 Å². The number of anilines is 1. The van der Waals surface area contributed by atoms with Crippen molar-refractivity contribution in [2.45, 2.75) is 38.5 Å². The van der Waals surface area contributed by atoms with Crippen LogP contribution in [0.25, 0.3) is 10.6 Å². The lowest BCUT2D eigenvalue weighted by Gasteiger charge is -2.19. The van der Waals surface area contributed by atoms with E-state index in [-0.39, 0.29) is 11.7 Å². The molecule has 1 aromatic heterocycles. The van der Waals surface area contributed by atoms with Gasteiger partial charge in [-0.15, -0.1) is 0 Å². The number of carbonyl (C=O) groups is 1. The lowest BCUT2D eigenvalue weighted by Crippen LogP contribution is -2.26. The highest BCUT2D eigenvalue weighted by Gasteiger charge is 2.12. The van der Waals surface area contributed by atoms with E-state index in [2.05, 4.69) is 15.2 Å². The van der Waals surface area contributed by atoms with Crippen LogP contribution in [0.2, 0.25) is 0 Å². The topological polar surface area (TPSA) is 45.2 Å². The Morgan fingerprint density at radius 1 is 1.20 bits per heavy atom. The summed E-state index contributed by atoms with van der Waals surface area (Å²) >= 11 is 1.30. The van der Waals surface area contributed by atoms with Gasteiger partial charge in [0.1, 0.15) is 15.8 Å². The predicted molar refractivity (Wildman–Crippen MR) is 100 cm³/mol. The summed E-state index contributed by atoms with van der Waals surface area (Å²) in [6.07, 6.45) is 8.16. The Morgan fingerprint density at radius 2 is 1.96 bits per heavy atom. The summed E-state index contributed by atoms with van der Waals surface area (Å²) in [5.41, 5.74) is 0.467. The van der Waals surface area contributed by atoms with Crippen LogP contribution in [0, 0.1) is 5.82 Å². The lowest BCUT2D eigenvalue weighted by molar-refractivity contribution is -0.116. The quantitative estimate of drug-likeness (QED) is 0.821. The minimum absolute atomic E-state index is 0.00134. The van der Waals surface area contributed by atoms with Crippen LogP contribution in [0.5, 0.6) is 0 Å². The van der Waals surface area contributed by atoms with E-state index in [1.807, 2.05) is 0 Å². The van der Waals surface area contributed by atoms with Gasteiger partial charge in [-0.05, 0) is 51.0 Å². The fourth-order valence-electron chi connectivity index (χ4n) is 3.11. The number of hydrogen-bond acceptors (Lipinski definition) is 4. The fraction of sp³-hybridized carbons (Fsp3) is 0.474. The average Bonchev–Trinajstić information content (AvgIpc) is 2.89. The molecule has 0 saturated carbocycles. The number of hydrogen-bond donors (Lipinski definition) is 1. The Morgan fingerprint density at radius 3 is 2.72 bits per heavy atom. The van der Waals surface area contributed by atoms with Gasteiger partial charge in [0.05, 0.1) is 6.20 Å². The van der Waals surface area contributed by atoms with Gasteiger partial charge in [-0.25, -0.2) is 9.37 Å². The van der Waals surface area contributed by atoms with E-state index in [9.17, 15) is 9.18 Å². The molecule has 0 radical (unpaired) electrons. The molecule has 3 rings (SSSR count). The molecular formula is C19H24FN3OS. The highest BCUT2D eigenvalue weighted by molar-refractivity contribution is 7.19. The molecule has 134 valence electrons. The second-order valence-electron chi connectivity index (χ2n) is 6.42. The molecule has 1 aliphatic rings. The number of thiazole rings is 1.